The van der Waals surface area contributed by atoms with E-state index in [1.807, 2.05) is 33.8 Å². The molecule has 0 radical (unpaired) electrons. The van der Waals surface area contributed by atoms with E-state index in [1.54, 1.807) is 6.07 Å². The Balaban J connectivity index is 3.20. The highest BCUT2D eigenvalue weighted by Crippen LogP contribution is 2.36. The van der Waals surface area contributed by atoms with Gasteiger partial charge in [0.1, 0.15) is 5.75 Å². The summed E-state index contributed by atoms with van der Waals surface area (Å²) in [5.74, 6) is -1.37. The average Bonchev–Trinajstić information content (AvgIpc) is 2.36. The zero-order valence-electron chi connectivity index (χ0n) is 13.8. The molecule has 1 atom stereocenters. The summed E-state index contributed by atoms with van der Waals surface area (Å²) < 4.78 is 0. The topological polar surface area (TPSA) is 60.4 Å². The number of rotatable bonds is 6. The molecule has 118 valence electrons. The number of carboxylic acids is 1. The lowest BCUT2D eigenvalue weighted by atomic mass is 9.81. The zero-order chi connectivity index (χ0) is 16.2. The van der Waals surface area contributed by atoms with Crippen molar-refractivity contribution in [3.05, 3.63) is 28.8 Å². The molecule has 0 aliphatic carbocycles. The highest BCUT2D eigenvalue weighted by Gasteiger charge is 2.23. The van der Waals surface area contributed by atoms with Crippen LogP contribution in [0.5, 0.6) is 5.75 Å². The number of aryl methyl sites for hydroxylation is 1. The predicted octanol–water partition coefficient (Wildman–Crippen LogP) is 3.41. The maximum atomic E-state index is 11.5. The van der Waals surface area contributed by atoms with Crippen LogP contribution in [0.15, 0.2) is 12.1 Å². The second-order valence-corrected chi connectivity index (χ2v) is 6.85. The summed E-state index contributed by atoms with van der Waals surface area (Å²) in [7, 11) is 0. The molecule has 0 aliphatic rings. The maximum Gasteiger partial charge on any atom is 0.122 e. The molecule has 1 aromatic rings. The molecule has 0 fully saturated rings. The summed E-state index contributed by atoms with van der Waals surface area (Å²) in [6.07, 6.45) is 3.54. The summed E-state index contributed by atoms with van der Waals surface area (Å²) in [6, 6.07) is 3.60. The van der Waals surface area contributed by atoms with E-state index in [4.69, 9.17) is 0 Å². The molecule has 3 heteroatoms. The molecule has 1 N–H and O–H groups in total. The van der Waals surface area contributed by atoms with Crippen LogP contribution in [-0.2, 0) is 10.2 Å². The Hall–Kier alpha value is -1.51. The third kappa shape index (κ3) is 4.48. The third-order valence-electron chi connectivity index (χ3n) is 3.91. The highest BCUT2D eigenvalue weighted by atomic mass is 16.4. The molecular weight excluding hydrogens is 264 g/mol. The Bertz CT molecular complexity index is 498. The number of phenols is 1. The fourth-order valence-electron chi connectivity index (χ4n) is 2.60. The molecule has 0 amide bonds. The number of carbonyl (C=O) groups is 1. The van der Waals surface area contributed by atoms with E-state index in [-0.39, 0.29) is 11.2 Å². The van der Waals surface area contributed by atoms with Crippen molar-refractivity contribution in [2.45, 2.75) is 71.6 Å². The quantitative estimate of drug-likeness (QED) is 0.817. The first-order valence-electron chi connectivity index (χ1n) is 7.73. The Morgan fingerprint density at radius 3 is 2.38 bits per heavy atom. The first-order chi connectivity index (χ1) is 9.68. The molecule has 21 heavy (non-hydrogen) atoms. The standard InChI is InChI=1S/C18H28O3/c1-6-7-8-9-14(17(20)21)13-10-12(2)16(19)15(11-13)18(3,4)5/h10-11,14,19H,6-9H2,1-5H3,(H,20,21)/p-1. The Kier molecular flexibility index (Phi) is 5.82. The molecule has 1 unspecified atom stereocenters. The third-order valence-corrected chi connectivity index (χ3v) is 3.91. The van der Waals surface area contributed by atoms with Gasteiger partial charge in [0.15, 0.2) is 0 Å². The van der Waals surface area contributed by atoms with Crippen LogP contribution in [-0.4, -0.2) is 11.1 Å². The van der Waals surface area contributed by atoms with Crippen molar-refractivity contribution < 1.29 is 15.0 Å². The number of unbranched alkanes of at least 4 members (excludes halogenated alkanes) is 2. The molecule has 0 spiro atoms. The van der Waals surface area contributed by atoms with E-state index in [0.717, 1.165) is 36.0 Å². The number of hydrogen-bond donors (Lipinski definition) is 1. The van der Waals surface area contributed by atoms with Crippen molar-refractivity contribution in [2.24, 2.45) is 0 Å². The lowest BCUT2D eigenvalue weighted by molar-refractivity contribution is -0.308. The van der Waals surface area contributed by atoms with Crippen LogP contribution >= 0.6 is 0 Å². The summed E-state index contributed by atoms with van der Waals surface area (Å²) in [6.45, 7) is 9.94. The minimum Gasteiger partial charge on any atom is -0.549 e. The van der Waals surface area contributed by atoms with Crippen LogP contribution in [0.2, 0.25) is 0 Å². The van der Waals surface area contributed by atoms with E-state index < -0.39 is 11.9 Å². The zero-order valence-corrected chi connectivity index (χ0v) is 13.8. The molecule has 0 saturated heterocycles. The second kappa shape index (κ2) is 6.97. The number of benzene rings is 1. The number of carbonyl (C=O) groups excluding carboxylic acids is 1. The van der Waals surface area contributed by atoms with Crippen molar-refractivity contribution in [3.63, 3.8) is 0 Å². The number of phenolic OH excluding ortho intramolecular Hbond substituents is 1. The molecular formula is C18H27O3-. The van der Waals surface area contributed by atoms with Gasteiger partial charge >= 0.3 is 0 Å². The number of hydrogen-bond acceptors (Lipinski definition) is 3. The van der Waals surface area contributed by atoms with Gasteiger partial charge in [0.2, 0.25) is 0 Å². The molecule has 0 aromatic heterocycles. The monoisotopic (exact) mass is 291 g/mol. The molecule has 1 rings (SSSR count). The largest absolute Gasteiger partial charge is 0.549 e. The minimum absolute atomic E-state index is 0.231. The van der Waals surface area contributed by atoms with Crippen LogP contribution in [0.1, 0.15) is 76.0 Å². The van der Waals surface area contributed by atoms with Gasteiger partial charge in [-0.25, -0.2) is 0 Å². The smallest absolute Gasteiger partial charge is 0.122 e. The van der Waals surface area contributed by atoms with Gasteiger partial charge in [-0.3, -0.25) is 0 Å². The van der Waals surface area contributed by atoms with Crippen LogP contribution in [0, 0.1) is 6.92 Å². The van der Waals surface area contributed by atoms with Crippen LogP contribution in [0.4, 0.5) is 0 Å². The van der Waals surface area contributed by atoms with Gasteiger partial charge in [-0.1, -0.05) is 59.1 Å². The van der Waals surface area contributed by atoms with Gasteiger partial charge in [-0.15, -0.1) is 0 Å². The number of carboxylic acid groups (broad SMARTS) is 1. The van der Waals surface area contributed by atoms with Gasteiger partial charge in [-0.2, -0.15) is 0 Å². The molecule has 1 aromatic carbocycles. The Morgan fingerprint density at radius 2 is 1.90 bits per heavy atom. The van der Waals surface area contributed by atoms with Gasteiger partial charge < -0.3 is 15.0 Å². The van der Waals surface area contributed by atoms with Crippen LogP contribution in [0.3, 0.4) is 0 Å². The SMILES string of the molecule is CCCCCC(C(=O)[O-])c1cc(C)c(O)c(C(C)(C)C)c1. The number of aliphatic carboxylic acids is 1. The van der Waals surface area contributed by atoms with Gasteiger partial charge in [-0.05, 0) is 35.4 Å². The predicted molar refractivity (Wildman–Crippen MR) is 83.4 cm³/mol. The summed E-state index contributed by atoms with van der Waals surface area (Å²) in [5.41, 5.74) is 2.02. The van der Waals surface area contributed by atoms with E-state index in [1.165, 1.54) is 0 Å². The minimum atomic E-state index is -1.03. The molecule has 0 heterocycles. The Morgan fingerprint density at radius 1 is 1.29 bits per heavy atom. The van der Waals surface area contributed by atoms with Gasteiger partial charge in [0.25, 0.3) is 0 Å². The van der Waals surface area contributed by atoms with Gasteiger partial charge in [0.05, 0.1) is 0 Å². The average molecular weight is 291 g/mol. The first kappa shape index (κ1) is 17.5. The van der Waals surface area contributed by atoms with Gasteiger partial charge in [0, 0.05) is 11.9 Å². The Labute approximate surface area is 128 Å². The highest BCUT2D eigenvalue weighted by molar-refractivity contribution is 5.74. The van der Waals surface area contributed by atoms with Crippen LogP contribution < -0.4 is 5.11 Å². The second-order valence-electron chi connectivity index (χ2n) is 6.85. The molecule has 0 aliphatic heterocycles. The van der Waals surface area contributed by atoms with E-state index >= 15 is 0 Å². The van der Waals surface area contributed by atoms with Crippen LogP contribution in [0.25, 0.3) is 0 Å². The van der Waals surface area contributed by atoms with Crippen molar-refractivity contribution in [3.8, 4) is 5.75 Å². The molecule has 3 nitrogen and oxygen atoms in total. The molecule has 0 saturated carbocycles. The number of aromatic hydroxyl groups is 1. The van der Waals surface area contributed by atoms with Crippen molar-refractivity contribution >= 4 is 5.97 Å². The fraction of sp³-hybridized carbons (Fsp3) is 0.611. The van der Waals surface area contributed by atoms with E-state index in [9.17, 15) is 15.0 Å². The van der Waals surface area contributed by atoms with E-state index in [0.29, 0.717) is 6.42 Å². The van der Waals surface area contributed by atoms with Crippen molar-refractivity contribution in [1.82, 2.24) is 0 Å². The summed E-state index contributed by atoms with van der Waals surface area (Å²) in [4.78, 5) is 11.5. The fourth-order valence-corrected chi connectivity index (χ4v) is 2.60. The lowest BCUT2D eigenvalue weighted by Gasteiger charge is -2.26. The lowest BCUT2D eigenvalue weighted by Crippen LogP contribution is -2.30. The normalized spacial score (nSPS) is 13.2. The maximum absolute atomic E-state index is 11.5. The van der Waals surface area contributed by atoms with E-state index in [2.05, 4.69) is 6.92 Å². The molecule has 0 bridgehead atoms. The first-order valence-corrected chi connectivity index (χ1v) is 7.73. The summed E-state index contributed by atoms with van der Waals surface area (Å²) in [5, 5.41) is 21.7. The summed E-state index contributed by atoms with van der Waals surface area (Å²) >= 11 is 0. The van der Waals surface area contributed by atoms with Crippen molar-refractivity contribution in [1.29, 1.82) is 0 Å². The van der Waals surface area contributed by atoms with Crippen molar-refractivity contribution in [2.75, 3.05) is 0 Å².